The number of nitrogens with zero attached hydrogens (tertiary/aromatic N) is 1. The summed E-state index contributed by atoms with van der Waals surface area (Å²) in [5, 5.41) is 39.8. The Hall–Kier alpha value is -3.42. The summed E-state index contributed by atoms with van der Waals surface area (Å²) in [6.07, 6.45) is 0. The molecule has 3 rings (SSSR count). The molecule has 0 saturated heterocycles. The van der Waals surface area contributed by atoms with Crippen LogP contribution in [-0.2, 0) is 0 Å². The Balaban J connectivity index is 2.37. The molecule has 0 amide bonds. The van der Waals surface area contributed by atoms with Gasteiger partial charge in [0.25, 0.3) is 0 Å². The summed E-state index contributed by atoms with van der Waals surface area (Å²) in [6, 6.07) is 4.19. The lowest BCUT2D eigenvalue weighted by Crippen LogP contribution is -2.21. The molecule has 2 aromatic carbocycles. The molecule has 0 heterocycles. The second-order valence-corrected chi connectivity index (χ2v) is 4.66. The third kappa shape index (κ3) is 1.64. The molecule has 0 spiro atoms. The smallest absolute Gasteiger partial charge is 0.315 e. The van der Waals surface area contributed by atoms with E-state index in [1.807, 2.05) is 0 Å². The molecule has 0 saturated carbocycles. The van der Waals surface area contributed by atoms with Gasteiger partial charge in [0.2, 0.25) is 5.75 Å². The van der Waals surface area contributed by atoms with E-state index in [4.69, 9.17) is 0 Å². The highest BCUT2D eigenvalue weighted by atomic mass is 16.6. The minimum atomic E-state index is -1.08. The molecule has 0 atom stereocenters. The predicted molar refractivity (Wildman–Crippen MR) is 71.4 cm³/mol. The Morgan fingerprint density at radius 2 is 1.55 bits per heavy atom. The molecule has 22 heavy (non-hydrogen) atoms. The molecule has 3 N–H and O–H groups in total. The number of benzene rings is 2. The minimum Gasteiger partial charge on any atom is -0.508 e. The van der Waals surface area contributed by atoms with E-state index in [0.29, 0.717) is 0 Å². The zero-order chi connectivity index (χ0) is 16.2. The Bertz CT molecular complexity index is 885. The van der Waals surface area contributed by atoms with Gasteiger partial charge < -0.3 is 15.3 Å². The molecule has 0 bridgehead atoms. The number of carbonyl (C=O) groups is 2. The maximum Gasteiger partial charge on any atom is 0.315 e. The fourth-order valence-electron chi connectivity index (χ4n) is 2.39. The van der Waals surface area contributed by atoms with E-state index in [1.165, 1.54) is 12.1 Å². The minimum absolute atomic E-state index is 0.0705. The first-order valence-corrected chi connectivity index (χ1v) is 5.98. The number of aromatic hydroxyl groups is 3. The molecular formula is C14H7NO7. The maximum absolute atomic E-state index is 12.4. The van der Waals surface area contributed by atoms with Crippen molar-refractivity contribution >= 4 is 17.3 Å². The van der Waals surface area contributed by atoms with Gasteiger partial charge in [-0.25, -0.2) is 0 Å². The number of phenols is 3. The van der Waals surface area contributed by atoms with Crippen LogP contribution in [0.15, 0.2) is 24.3 Å². The van der Waals surface area contributed by atoms with E-state index in [-0.39, 0.29) is 16.9 Å². The third-order valence-electron chi connectivity index (χ3n) is 3.41. The van der Waals surface area contributed by atoms with E-state index in [2.05, 4.69) is 0 Å². The van der Waals surface area contributed by atoms with Crippen LogP contribution < -0.4 is 0 Å². The van der Waals surface area contributed by atoms with Crippen molar-refractivity contribution in [1.29, 1.82) is 0 Å². The highest BCUT2D eigenvalue weighted by Crippen LogP contribution is 2.44. The highest BCUT2D eigenvalue weighted by molar-refractivity contribution is 6.30. The molecule has 2 aromatic rings. The number of rotatable bonds is 1. The quantitative estimate of drug-likeness (QED) is 0.351. The van der Waals surface area contributed by atoms with Gasteiger partial charge in [-0.15, -0.1) is 0 Å². The molecule has 8 heteroatoms. The summed E-state index contributed by atoms with van der Waals surface area (Å²) >= 11 is 0. The number of nitro benzene ring substituents is 1. The largest absolute Gasteiger partial charge is 0.508 e. The normalized spacial score (nSPS) is 12.7. The number of phenolic OH excluding ortho intramolecular Hbond substituents is 3. The number of hydrogen-bond donors (Lipinski definition) is 3. The number of nitro groups is 1. The molecule has 1 aliphatic rings. The van der Waals surface area contributed by atoms with Crippen LogP contribution in [0, 0.1) is 10.1 Å². The number of ketones is 2. The molecule has 0 aromatic heterocycles. The average Bonchev–Trinajstić information content (AvgIpc) is 2.47. The van der Waals surface area contributed by atoms with Crippen LogP contribution >= 0.6 is 0 Å². The van der Waals surface area contributed by atoms with E-state index in [9.17, 15) is 35.0 Å². The van der Waals surface area contributed by atoms with Gasteiger partial charge in [-0.1, -0.05) is 0 Å². The van der Waals surface area contributed by atoms with Gasteiger partial charge >= 0.3 is 5.69 Å². The monoisotopic (exact) mass is 301 g/mol. The van der Waals surface area contributed by atoms with Crippen molar-refractivity contribution in [2.75, 3.05) is 0 Å². The Kier molecular flexibility index (Phi) is 2.64. The zero-order valence-corrected chi connectivity index (χ0v) is 10.7. The van der Waals surface area contributed by atoms with E-state index in [0.717, 1.165) is 12.1 Å². The first kappa shape index (κ1) is 13.6. The zero-order valence-electron chi connectivity index (χ0n) is 10.7. The van der Waals surface area contributed by atoms with Crippen LogP contribution in [0.3, 0.4) is 0 Å². The average molecular weight is 301 g/mol. The summed E-state index contributed by atoms with van der Waals surface area (Å²) in [6.45, 7) is 0. The van der Waals surface area contributed by atoms with Gasteiger partial charge in [0.1, 0.15) is 5.75 Å². The highest BCUT2D eigenvalue weighted by Gasteiger charge is 2.37. The third-order valence-corrected chi connectivity index (χ3v) is 3.41. The number of fused-ring (bicyclic) bond motifs is 2. The summed E-state index contributed by atoms with van der Waals surface area (Å²) in [7, 11) is 0. The van der Waals surface area contributed by atoms with Crippen molar-refractivity contribution in [2.24, 2.45) is 0 Å². The van der Waals surface area contributed by atoms with E-state index >= 15 is 0 Å². The van der Waals surface area contributed by atoms with Crippen LogP contribution in [0.25, 0.3) is 0 Å². The molecule has 8 nitrogen and oxygen atoms in total. The lowest BCUT2D eigenvalue weighted by atomic mass is 9.83. The molecular weight excluding hydrogens is 294 g/mol. The van der Waals surface area contributed by atoms with E-state index in [1.54, 1.807) is 0 Å². The summed E-state index contributed by atoms with van der Waals surface area (Å²) in [5.74, 6) is -3.87. The van der Waals surface area contributed by atoms with E-state index < -0.39 is 44.8 Å². The van der Waals surface area contributed by atoms with Gasteiger partial charge in [-0.2, -0.15) is 0 Å². The Labute approximate surface area is 122 Å². The lowest BCUT2D eigenvalue weighted by Gasteiger charge is -2.18. The molecule has 0 fully saturated rings. The van der Waals surface area contributed by atoms with Crippen molar-refractivity contribution in [3.63, 3.8) is 0 Å². The molecule has 110 valence electrons. The first-order chi connectivity index (χ1) is 10.3. The van der Waals surface area contributed by atoms with Crippen LogP contribution in [0.1, 0.15) is 31.8 Å². The fourth-order valence-corrected chi connectivity index (χ4v) is 2.39. The number of carbonyl (C=O) groups excluding carboxylic acids is 2. The van der Waals surface area contributed by atoms with Crippen molar-refractivity contribution in [1.82, 2.24) is 0 Å². The van der Waals surface area contributed by atoms with Gasteiger partial charge in [0, 0.05) is 22.8 Å². The second kappa shape index (κ2) is 4.29. The first-order valence-electron chi connectivity index (χ1n) is 5.98. The van der Waals surface area contributed by atoms with Gasteiger partial charge in [0.15, 0.2) is 17.3 Å². The van der Waals surface area contributed by atoms with Crippen molar-refractivity contribution in [3.05, 3.63) is 56.6 Å². The second-order valence-electron chi connectivity index (χ2n) is 4.66. The van der Waals surface area contributed by atoms with Crippen LogP contribution in [0.4, 0.5) is 5.69 Å². The van der Waals surface area contributed by atoms with Gasteiger partial charge in [-0.3, -0.25) is 19.7 Å². The SMILES string of the molecule is O=C1c2cc(O)ccc2C(=O)c2c1cc([N+](=O)[O-])c(O)c2O. The Morgan fingerprint density at radius 1 is 0.864 bits per heavy atom. The topological polar surface area (TPSA) is 138 Å². The molecule has 1 aliphatic carbocycles. The van der Waals surface area contributed by atoms with Crippen LogP contribution in [-0.4, -0.2) is 31.8 Å². The Morgan fingerprint density at radius 3 is 2.18 bits per heavy atom. The summed E-state index contributed by atoms with van der Waals surface area (Å²) < 4.78 is 0. The van der Waals surface area contributed by atoms with Crippen LogP contribution in [0.2, 0.25) is 0 Å². The van der Waals surface area contributed by atoms with Crippen molar-refractivity contribution in [2.45, 2.75) is 0 Å². The lowest BCUT2D eigenvalue weighted by molar-refractivity contribution is -0.386. The maximum atomic E-state index is 12.4. The fraction of sp³-hybridized carbons (Fsp3) is 0. The van der Waals surface area contributed by atoms with Crippen molar-refractivity contribution < 1.29 is 29.8 Å². The van der Waals surface area contributed by atoms with Crippen molar-refractivity contribution in [3.8, 4) is 17.2 Å². The molecule has 0 aliphatic heterocycles. The predicted octanol–water partition coefficient (Wildman–Crippen LogP) is 1.49. The standard InChI is InChI=1S/C14H7NO7/c16-5-1-2-6-7(3-5)11(17)8-4-9(15(21)22)13(19)14(20)10(8)12(6)18/h1-4,16,19-20H. The molecule has 0 unspecified atom stereocenters. The van der Waals surface area contributed by atoms with Gasteiger partial charge in [0.05, 0.1) is 10.5 Å². The molecule has 0 radical (unpaired) electrons. The van der Waals surface area contributed by atoms with Crippen LogP contribution in [0.5, 0.6) is 17.2 Å². The number of hydrogen-bond acceptors (Lipinski definition) is 7. The summed E-state index contributed by atoms with van der Waals surface area (Å²) in [5.41, 5.74) is -1.98. The summed E-state index contributed by atoms with van der Waals surface area (Å²) in [4.78, 5) is 34.6. The van der Waals surface area contributed by atoms with Gasteiger partial charge in [-0.05, 0) is 18.2 Å².